The lowest BCUT2D eigenvalue weighted by molar-refractivity contribution is -0.140. The Morgan fingerprint density at radius 1 is 1.54 bits per heavy atom. The van der Waals surface area contributed by atoms with E-state index < -0.39 is 12.0 Å². The molecule has 1 unspecified atom stereocenters. The van der Waals surface area contributed by atoms with Crippen molar-refractivity contribution in [2.24, 2.45) is 0 Å². The molecule has 70 valence electrons. The number of carbonyl (C=O) groups is 1. The van der Waals surface area contributed by atoms with Crippen LogP contribution in [0.15, 0.2) is 23.0 Å². The summed E-state index contributed by atoms with van der Waals surface area (Å²) >= 11 is 0. The van der Waals surface area contributed by atoms with Crippen molar-refractivity contribution in [2.75, 3.05) is 0 Å². The van der Waals surface area contributed by atoms with E-state index in [1.807, 2.05) is 0 Å². The number of aliphatic carboxylic acids is 1. The number of carboxylic acid groups (broad SMARTS) is 1. The van der Waals surface area contributed by atoms with Gasteiger partial charge < -0.3 is 5.11 Å². The lowest BCUT2D eigenvalue weighted by atomic mass is 10.3. The van der Waals surface area contributed by atoms with Crippen molar-refractivity contribution in [1.29, 1.82) is 0 Å². The van der Waals surface area contributed by atoms with Gasteiger partial charge in [0.15, 0.2) is 0 Å². The maximum atomic E-state index is 11.3. The molecule has 0 radical (unpaired) electrons. The second-order valence-corrected chi connectivity index (χ2v) is 2.89. The summed E-state index contributed by atoms with van der Waals surface area (Å²) in [4.78, 5) is 21.9. The summed E-state index contributed by atoms with van der Waals surface area (Å²) in [6.45, 7) is 3.19. The first-order valence-corrected chi connectivity index (χ1v) is 3.95. The molecule has 0 aromatic carbocycles. The van der Waals surface area contributed by atoms with Crippen LogP contribution in [0.5, 0.6) is 0 Å². The zero-order valence-electron chi connectivity index (χ0n) is 7.52. The molecule has 1 heterocycles. The molecule has 1 aromatic heterocycles. The second kappa shape index (κ2) is 3.43. The molecule has 0 aliphatic carbocycles. The molecular weight excluding hydrogens is 170 g/mol. The van der Waals surface area contributed by atoms with Crippen LogP contribution in [0, 0.1) is 6.92 Å². The zero-order chi connectivity index (χ0) is 10.0. The molecule has 13 heavy (non-hydrogen) atoms. The van der Waals surface area contributed by atoms with Crippen LogP contribution in [0.25, 0.3) is 0 Å². The molecule has 0 aliphatic rings. The number of hydrogen-bond acceptors (Lipinski definition) is 2. The van der Waals surface area contributed by atoms with Gasteiger partial charge in [-0.15, -0.1) is 0 Å². The highest BCUT2D eigenvalue weighted by Gasteiger charge is 2.15. The van der Waals surface area contributed by atoms with Crippen molar-refractivity contribution < 1.29 is 9.90 Å². The molecule has 0 amide bonds. The Kier molecular flexibility index (Phi) is 2.51. The summed E-state index contributed by atoms with van der Waals surface area (Å²) in [6, 6.07) is 3.87. The minimum absolute atomic E-state index is 0.282. The first-order chi connectivity index (χ1) is 6.04. The number of aryl methyl sites for hydroxylation is 1. The minimum Gasteiger partial charge on any atom is -0.480 e. The molecule has 0 saturated heterocycles. The molecular formula is C9H11NO3. The molecule has 4 nitrogen and oxygen atoms in total. The van der Waals surface area contributed by atoms with Crippen LogP contribution in [0.1, 0.15) is 18.7 Å². The lowest BCUT2D eigenvalue weighted by Gasteiger charge is -2.12. The summed E-state index contributed by atoms with van der Waals surface area (Å²) in [5.41, 5.74) is 0.373. The van der Waals surface area contributed by atoms with Crippen LogP contribution in [-0.2, 0) is 4.79 Å². The summed E-state index contributed by atoms with van der Waals surface area (Å²) in [5, 5.41) is 8.72. The van der Waals surface area contributed by atoms with Crippen molar-refractivity contribution in [2.45, 2.75) is 19.9 Å². The first kappa shape index (κ1) is 9.51. The summed E-state index contributed by atoms with van der Waals surface area (Å²) < 4.78 is 1.25. The molecule has 0 spiro atoms. The van der Waals surface area contributed by atoms with Crippen molar-refractivity contribution in [3.05, 3.63) is 34.2 Å². The van der Waals surface area contributed by atoms with Crippen molar-refractivity contribution in [3.63, 3.8) is 0 Å². The molecule has 4 heteroatoms. The van der Waals surface area contributed by atoms with Gasteiger partial charge in [-0.3, -0.25) is 9.36 Å². The van der Waals surface area contributed by atoms with Gasteiger partial charge in [0.2, 0.25) is 0 Å². The third kappa shape index (κ3) is 1.77. The van der Waals surface area contributed by atoms with Crippen LogP contribution < -0.4 is 5.56 Å². The molecule has 1 N–H and O–H groups in total. The highest BCUT2D eigenvalue weighted by molar-refractivity contribution is 5.71. The Morgan fingerprint density at radius 3 is 2.62 bits per heavy atom. The SMILES string of the molecule is Cc1cccc(=O)n1C(C)C(=O)O. The topological polar surface area (TPSA) is 59.3 Å². The van der Waals surface area contributed by atoms with E-state index in [9.17, 15) is 9.59 Å². The van der Waals surface area contributed by atoms with Gasteiger partial charge in [0.05, 0.1) is 0 Å². The quantitative estimate of drug-likeness (QED) is 0.734. The van der Waals surface area contributed by atoms with E-state index in [0.717, 1.165) is 0 Å². The van der Waals surface area contributed by atoms with Crippen LogP contribution in [0.3, 0.4) is 0 Å². The van der Waals surface area contributed by atoms with Crippen molar-refractivity contribution in [3.8, 4) is 0 Å². The van der Waals surface area contributed by atoms with E-state index in [2.05, 4.69) is 0 Å². The fourth-order valence-electron chi connectivity index (χ4n) is 1.21. The van der Waals surface area contributed by atoms with E-state index in [4.69, 9.17) is 5.11 Å². The summed E-state index contributed by atoms with van der Waals surface area (Å²) in [7, 11) is 0. The van der Waals surface area contributed by atoms with Crippen LogP contribution in [0.2, 0.25) is 0 Å². The van der Waals surface area contributed by atoms with Gasteiger partial charge in [-0.2, -0.15) is 0 Å². The fraction of sp³-hybridized carbons (Fsp3) is 0.333. The smallest absolute Gasteiger partial charge is 0.326 e. The van der Waals surface area contributed by atoms with Crippen molar-refractivity contribution in [1.82, 2.24) is 4.57 Å². The van der Waals surface area contributed by atoms with Gasteiger partial charge in [-0.25, -0.2) is 4.79 Å². The average molecular weight is 181 g/mol. The Bertz CT molecular complexity index is 381. The normalized spacial score (nSPS) is 12.5. The number of nitrogens with zero attached hydrogens (tertiary/aromatic N) is 1. The van der Waals surface area contributed by atoms with E-state index >= 15 is 0 Å². The Labute approximate surface area is 75.4 Å². The first-order valence-electron chi connectivity index (χ1n) is 3.95. The number of aromatic nitrogens is 1. The van der Waals surface area contributed by atoms with Crippen molar-refractivity contribution >= 4 is 5.97 Å². The highest BCUT2D eigenvalue weighted by atomic mass is 16.4. The molecule has 1 atom stereocenters. The minimum atomic E-state index is -1.00. The van der Waals surface area contributed by atoms with E-state index in [0.29, 0.717) is 5.69 Å². The highest BCUT2D eigenvalue weighted by Crippen LogP contribution is 2.05. The van der Waals surface area contributed by atoms with Gasteiger partial charge in [0, 0.05) is 11.8 Å². The average Bonchev–Trinajstić information content (AvgIpc) is 2.03. The fourth-order valence-corrected chi connectivity index (χ4v) is 1.21. The second-order valence-electron chi connectivity index (χ2n) is 2.89. The van der Waals surface area contributed by atoms with Crippen LogP contribution in [-0.4, -0.2) is 15.6 Å². The molecule has 1 aromatic rings. The Morgan fingerprint density at radius 2 is 2.15 bits per heavy atom. The van der Waals surface area contributed by atoms with Gasteiger partial charge >= 0.3 is 5.97 Å². The van der Waals surface area contributed by atoms with Gasteiger partial charge in [0.1, 0.15) is 6.04 Å². The Balaban J connectivity index is 3.28. The van der Waals surface area contributed by atoms with Gasteiger partial charge in [-0.05, 0) is 19.9 Å². The zero-order valence-corrected chi connectivity index (χ0v) is 7.52. The van der Waals surface area contributed by atoms with Crippen LogP contribution >= 0.6 is 0 Å². The Hall–Kier alpha value is -1.58. The van der Waals surface area contributed by atoms with E-state index in [1.165, 1.54) is 17.6 Å². The number of rotatable bonds is 2. The largest absolute Gasteiger partial charge is 0.480 e. The third-order valence-corrected chi connectivity index (χ3v) is 1.94. The van der Waals surface area contributed by atoms with Crippen LogP contribution in [0.4, 0.5) is 0 Å². The summed E-state index contributed by atoms with van der Waals surface area (Å²) in [5.74, 6) is -1.00. The predicted molar refractivity (Wildman–Crippen MR) is 47.8 cm³/mol. The standard InChI is InChI=1S/C9H11NO3/c1-6-4-3-5-8(11)10(6)7(2)9(12)13/h3-5,7H,1-2H3,(H,12,13). The molecule has 0 saturated carbocycles. The van der Waals surface area contributed by atoms with E-state index in [-0.39, 0.29) is 5.56 Å². The maximum Gasteiger partial charge on any atom is 0.326 e. The molecule has 1 rings (SSSR count). The maximum absolute atomic E-state index is 11.3. The number of pyridine rings is 1. The monoisotopic (exact) mass is 181 g/mol. The molecule has 0 fully saturated rings. The predicted octanol–water partition coefficient (Wildman–Crippen LogP) is 0.802. The molecule has 0 bridgehead atoms. The molecule has 0 aliphatic heterocycles. The number of hydrogen-bond donors (Lipinski definition) is 1. The lowest BCUT2D eigenvalue weighted by Crippen LogP contribution is -2.28. The third-order valence-electron chi connectivity index (χ3n) is 1.94. The number of carboxylic acids is 1. The summed E-state index contributed by atoms with van der Waals surface area (Å²) in [6.07, 6.45) is 0. The van der Waals surface area contributed by atoms with Gasteiger partial charge in [0.25, 0.3) is 5.56 Å². The van der Waals surface area contributed by atoms with E-state index in [1.54, 1.807) is 19.1 Å². The van der Waals surface area contributed by atoms with Gasteiger partial charge in [-0.1, -0.05) is 6.07 Å².